The van der Waals surface area contributed by atoms with Crippen molar-refractivity contribution >= 4 is 29.0 Å². The standard InChI is InChI=1S/C18H24N6O3/c1-3-27-14-8-6-13(7-9-14)20-18-21-16(19)15(24(25)26)17(22-18)23-10-4-5-12(2)11-23/h6-9,12H,3-5,10-11H2,1-2H3,(H3,19,20,21,22)/t12-/m0/s1. The minimum Gasteiger partial charge on any atom is -0.494 e. The van der Waals surface area contributed by atoms with Crippen LogP contribution in [-0.2, 0) is 0 Å². The Kier molecular flexibility index (Phi) is 5.58. The Balaban J connectivity index is 1.90. The molecule has 2 heterocycles. The SMILES string of the molecule is CCOc1ccc(Nc2nc(N)c([N+](=O)[O-])c(N3CCC[C@H](C)C3)n2)cc1. The number of nitrogens with one attached hydrogen (secondary N) is 1. The van der Waals surface area contributed by atoms with Crippen molar-refractivity contribution in [2.24, 2.45) is 5.92 Å². The van der Waals surface area contributed by atoms with E-state index in [-0.39, 0.29) is 23.3 Å². The maximum atomic E-state index is 11.5. The summed E-state index contributed by atoms with van der Waals surface area (Å²) in [4.78, 5) is 21.4. The number of piperidine rings is 1. The molecule has 1 aliphatic heterocycles. The van der Waals surface area contributed by atoms with Crippen LogP contribution < -0.4 is 20.7 Å². The molecular weight excluding hydrogens is 348 g/mol. The summed E-state index contributed by atoms with van der Waals surface area (Å²) >= 11 is 0. The predicted molar refractivity (Wildman–Crippen MR) is 105 cm³/mol. The van der Waals surface area contributed by atoms with Gasteiger partial charge in [0.15, 0.2) is 0 Å². The Morgan fingerprint density at radius 1 is 1.37 bits per heavy atom. The van der Waals surface area contributed by atoms with Gasteiger partial charge in [0, 0.05) is 18.8 Å². The molecule has 3 N–H and O–H groups in total. The van der Waals surface area contributed by atoms with Crippen LogP contribution in [0.3, 0.4) is 0 Å². The highest BCUT2D eigenvalue weighted by molar-refractivity contribution is 5.72. The molecule has 1 aliphatic rings. The minimum atomic E-state index is -0.509. The van der Waals surface area contributed by atoms with Crippen molar-refractivity contribution in [2.75, 3.05) is 35.6 Å². The maximum absolute atomic E-state index is 11.5. The fourth-order valence-electron chi connectivity index (χ4n) is 3.22. The van der Waals surface area contributed by atoms with E-state index in [4.69, 9.17) is 10.5 Å². The molecule has 144 valence electrons. The maximum Gasteiger partial charge on any atom is 0.353 e. The topological polar surface area (TPSA) is 119 Å². The molecule has 0 bridgehead atoms. The van der Waals surface area contributed by atoms with Gasteiger partial charge in [0.1, 0.15) is 5.75 Å². The summed E-state index contributed by atoms with van der Waals surface area (Å²) in [7, 11) is 0. The van der Waals surface area contributed by atoms with Crippen LogP contribution in [0.25, 0.3) is 0 Å². The van der Waals surface area contributed by atoms with Crippen LogP contribution in [0.2, 0.25) is 0 Å². The zero-order valence-corrected chi connectivity index (χ0v) is 15.5. The van der Waals surface area contributed by atoms with Crippen LogP contribution in [0.5, 0.6) is 5.75 Å². The molecule has 1 fully saturated rings. The summed E-state index contributed by atoms with van der Waals surface area (Å²) in [6, 6.07) is 7.31. The van der Waals surface area contributed by atoms with Gasteiger partial charge < -0.3 is 20.7 Å². The Morgan fingerprint density at radius 2 is 2.11 bits per heavy atom. The van der Waals surface area contributed by atoms with Crippen LogP contribution in [0.15, 0.2) is 24.3 Å². The molecular formula is C18H24N6O3. The Morgan fingerprint density at radius 3 is 2.74 bits per heavy atom. The average Bonchev–Trinajstić information content (AvgIpc) is 2.63. The van der Waals surface area contributed by atoms with Crippen molar-refractivity contribution in [1.29, 1.82) is 0 Å². The molecule has 3 rings (SSSR count). The summed E-state index contributed by atoms with van der Waals surface area (Å²) in [6.07, 6.45) is 2.06. The number of nitrogens with two attached hydrogens (primary N) is 1. The number of anilines is 4. The smallest absolute Gasteiger partial charge is 0.353 e. The van der Waals surface area contributed by atoms with E-state index in [0.717, 1.165) is 24.3 Å². The third-order valence-corrected chi connectivity index (χ3v) is 4.45. The number of hydrogen-bond donors (Lipinski definition) is 2. The second kappa shape index (κ2) is 8.07. The molecule has 0 aliphatic carbocycles. The van der Waals surface area contributed by atoms with Crippen molar-refractivity contribution in [1.82, 2.24) is 9.97 Å². The third-order valence-electron chi connectivity index (χ3n) is 4.45. The first-order valence-corrected chi connectivity index (χ1v) is 9.04. The molecule has 0 radical (unpaired) electrons. The van der Waals surface area contributed by atoms with Gasteiger partial charge >= 0.3 is 5.69 Å². The van der Waals surface area contributed by atoms with Crippen molar-refractivity contribution in [3.05, 3.63) is 34.4 Å². The number of ether oxygens (including phenoxy) is 1. The molecule has 0 spiro atoms. The lowest BCUT2D eigenvalue weighted by Gasteiger charge is -2.31. The van der Waals surface area contributed by atoms with E-state index >= 15 is 0 Å². The van der Waals surface area contributed by atoms with E-state index < -0.39 is 4.92 Å². The monoisotopic (exact) mass is 372 g/mol. The summed E-state index contributed by atoms with van der Waals surface area (Å²) in [5, 5.41) is 14.6. The van der Waals surface area contributed by atoms with Crippen molar-refractivity contribution in [2.45, 2.75) is 26.7 Å². The van der Waals surface area contributed by atoms with E-state index in [1.807, 2.05) is 36.1 Å². The van der Waals surface area contributed by atoms with Crippen LogP contribution >= 0.6 is 0 Å². The number of rotatable bonds is 6. The zero-order valence-electron chi connectivity index (χ0n) is 15.5. The minimum absolute atomic E-state index is 0.142. The highest BCUT2D eigenvalue weighted by Crippen LogP contribution is 2.35. The Hall–Kier alpha value is -3.10. The molecule has 1 aromatic heterocycles. The van der Waals surface area contributed by atoms with Crippen molar-refractivity contribution in [3.8, 4) is 5.75 Å². The number of benzene rings is 1. The van der Waals surface area contributed by atoms with Crippen LogP contribution in [0.1, 0.15) is 26.7 Å². The fourth-order valence-corrected chi connectivity index (χ4v) is 3.22. The van der Waals surface area contributed by atoms with E-state index in [2.05, 4.69) is 22.2 Å². The van der Waals surface area contributed by atoms with Crippen LogP contribution in [0, 0.1) is 16.0 Å². The molecule has 1 saturated heterocycles. The van der Waals surface area contributed by atoms with Gasteiger partial charge in [-0.1, -0.05) is 6.92 Å². The van der Waals surface area contributed by atoms with Crippen LogP contribution in [0.4, 0.5) is 29.0 Å². The van der Waals surface area contributed by atoms with Crippen molar-refractivity contribution in [3.63, 3.8) is 0 Å². The van der Waals surface area contributed by atoms with Gasteiger partial charge in [-0.2, -0.15) is 9.97 Å². The lowest BCUT2D eigenvalue weighted by atomic mass is 10.0. The van der Waals surface area contributed by atoms with Gasteiger partial charge in [-0.15, -0.1) is 0 Å². The summed E-state index contributed by atoms with van der Waals surface area (Å²) < 4.78 is 5.42. The second-order valence-electron chi connectivity index (χ2n) is 6.64. The van der Waals surface area contributed by atoms with Crippen LogP contribution in [-0.4, -0.2) is 34.6 Å². The highest BCUT2D eigenvalue weighted by atomic mass is 16.6. The molecule has 0 amide bonds. The number of hydrogen-bond acceptors (Lipinski definition) is 8. The first-order valence-electron chi connectivity index (χ1n) is 9.04. The van der Waals surface area contributed by atoms with E-state index in [1.165, 1.54) is 0 Å². The molecule has 2 aromatic rings. The lowest BCUT2D eigenvalue weighted by molar-refractivity contribution is -0.383. The van der Waals surface area contributed by atoms with Gasteiger partial charge in [0.25, 0.3) is 0 Å². The number of nitrogens with zero attached hydrogens (tertiary/aromatic N) is 4. The summed E-state index contributed by atoms with van der Waals surface area (Å²) in [6.45, 7) is 6.06. The number of nitrogen functional groups attached to an aromatic ring is 1. The van der Waals surface area contributed by atoms with E-state index in [1.54, 1.807) is 0 Å². The second-order valence-corrected chi connectivity index (χ2v) is 6.64. The summed E-state index contributed by atoms with van der Waals surface area (Å²) in [5.41, 5.74) is 6.41. The molecule has 1 aromatic carbocycles. The quantitative estimate of drug-likeness (QED) is 0.585. The third kappa shape index (κ3) is 4.36. The van der Waals surface area contributed by atoms with Gasteiger partial charge in [-0.05, 0) is 49.9 Å². The molecule has 0 unspecified atom stereocenters. The summed E-state index contributed by atoms with van der Waals surface area (Å²) in [5.74, 6) is 1.56. The van der Waals surface area contributed by atoms with Crippen molar-refractivity contribution < 1.29 is 9.66 Å². The first-order chi connectivity index (χ1) is 13.0. The zero-order chi connectivity index (χ0) is 19.4. The van der Waals surface area contributed by atoms with E-state index in [9.17, 15) is 10.1 Å². The van der Waals surface area contributed by atoms with Gasteiger partial charge in [0.05, 0.1) is 11.5 Å². The largest absolute Gasteiger partial charge is 0.494 e. The predicted octanol–water partition coefficient (Wildman–Crippen LogP) is 3.35. The molecule has 1 atom stereocenters. The molecule has 0 saturated carbocycles. The van der Waals surface area contributed by atoms with Gasteiger partial charge in [0.2, 0.25) is 17.6 Å². The number of aromatic nitrogens is 2. The lowest BCUT2D eigenvalue weighted by Crippen LogP contribution is -2.35. The Labute approximate surface area is 157 Å². The highest BCUT2D eigenvalue weighted by Gasteiger charge is 2.29. The van der Waals surface area contributed by atoms with Gasteiger partial charge in [-0.3, -0.25) is 10.1 Å². The molecule has 27 heavy (non-hydrogen) atoms. The first kappa shape index (κ1) is 18.7. The molecule has 9 nitrogen and oxygen atoms in total. The number of nitro groups is 1. The normalized spacial score (nSPS) is 16.8. The fraction of sp³-hybridized carbons (Fsp3) is 0.444. The Bertz CT molecular complexity index is 811. The average molecular weight is 372 g/mol. The van der Waals surface area contributed by atoms with E-state index in [0.29, 0.717) is 25.6 Å². The molecule has 9 heteroatoms. The van der Waals surface area contributed by atoms with Gasteiger partial charge in [-0.25, -0.2) is 0 Å².